The highest BCUT2D eigenvalue weighted by molar-refractivity contribution is 7.71. The fourth-order valence-electron chi connectivity index (χ4n) is 4.66. The number of rotatable bonds is 6. The number of hydrogen-bond acceptors (Lipinski definition) is 10. The number of aryl methyl sites for hydroxylation is 2. The number of hydrogen-bond donors (Lipinski definition) is 3. The summed E-state index contributed by atoms with van der Waals surface area (Å²) in [5.41, 5.74) is 3.60. The molecule has 0 saturated heterocycles. The molecule has 0 radical (unpaired) electrons. The number of oxazole rings is 2. The molecule has 44 heavy (non-hydrogen) atoms. The Hall–Kier alpha value is -5.32. The molecule has 4 heterocycles. The number of carbonyl (C=O) groups excluding carboxylic acids is 1. The van der Waals surface area contributed by atoms with E-state index < -0.39 is 35.6 Å². The van der Waals surface area contributed by atoms with Crippen molar-refractivity contribution in [3.63, 3.8) is 0 Å². The number of halogens is 3. The topological polar surface area (TPSA) is 170 Å². The van der Waals surface area contributed by atoms with Gasteiger partial charge in [0, 0.05) is 18.2 Å². The fraction of sp³-hybridized carbons (Fsp3) is 0.222. The van der Waals surface area contributed by atoms with Crippen LogP contribution >= 0.6 is 12.2 Å². The molecule has 1 amide bonds. The molecule has 0 bridgehead atoms. The van der Waals surface area contributed by atoms with Gasteiger partial charge in [0.2, 0.25) is 11.7 Å². The van der Waals surface area contributed by atoms with Crippen molar-refractivity contribution in [2.75, 3.05) is 5.32 Å². The predicted octanol–water partition coefficient (Wildman–Crippen LogP) is 5.21. The van der Waals surface area contributed by atoms with Crippen LogP contribution in [0.4, 0.5) is 23.9 Å². The first-order chi connectivity index (χ1) is 21.0. The van der Waals surface area contributed by atoms with E-state index in [0.717, 1.165) is 23.0 Å². The van der Waals surface area contributed by atoms with Gasteiger partial charge in [-0.05, 0) is 24.1 Å². The van der Waals surface area contributed by atoms with Gasteiger partial charge in [0.15, 0.2) is 17.9 Å². The highest BCUT2D eigenvalue weighted by Crippen LogP contribution is 2.39. The number of carbonyl (C=O) groups is 1. The molecule has 0 fully saturated rings. The molecular weight excluding hydrogens is 605 g/mol. The number of aromatic amines is 2. The van der Waals surface area contributed by atoms with Crippen molar-refractivity contribution in [1.29, 1.82) is 0 Å². The van der Waals surface area contributed by atoms with Crippen LogP contribution in [0.15, 0.2) is 44.3 Å². The molecule has 226 valence electrons. The number of alkyl halides is 3. The monoisotopic (exact) mass is 626 g/mol. The fourth-order valence-corrected chi connectivity index (χ4v) is 4.92. The molecule has 5 aromatic rings. The number of aromatic nitrogens is 7. The maximum atomic E-state index is 12.9. The van der Waals surface area contributed by atoms with Gasteiger partial charge in [-0.15, -0.1) is 5.10 Å². The number of H-pyrrole nitrogens is 2. The number of anilines is 1. The maximum absolute atomic E-state index is 12.9. The first-order valence-electron chi connectivity index (χ1n) is 13.0. The zero-order valence-corrected chi connectivity index (χ0v) is 23.7. The van der Waals surface area contributed by atoms with Crippen molar-refractivity contribution in [1.82, 2.24) is 34.7 Å². The summed E-state index contributed by atoms with van der Waals surface area (Å²) in [6, 6.07) is 6.01. The number of ether oxygens (including phenoxy) is 1. The molecule has 1 aliphatic carbocycles. The second-order valence-corrected chi connectivity index (χ2v) is 10.1. The summed E-state index contributed by atoms with van der Waals surface area (Å²) in [5, 5.41) is 6.86. The molecule has 0 aliphatic heterocycles. The Morgan fingerprint density at radius 3 is 2.75 bits per heavy atom. The summed E-state index contributed by atoms with van der Waals surface area (Å²) in [6.07, 6.45) is 0.993. The summed E-state index contributed by atoms with van der Waals surface area (Å²) in [7, 11) is 0. The van der Waals surface area contributed by atoms with E-state index in [1.165, 1.54) is 4.57 Å². The van der Waals surface area contributed by atoms with Crippen LogP contribution in [-0.4, -0.2) is 40.8 Å². The van der Waals surface area contributed by atoms with E-state index in [4.69, 9.17) is 30.8 Å². The van der Waals surface area contributed by atoms with Crippen LogP contribution in [0, 0.1) is 11.6 Å². The maximum Gasteiger partial charge on any atom is 0.451 e. The SMILES string of the molecule is CCc1nc2c(o1)C=Cc1cc(C)ccc1C2c1cn(Cc2nc(OC(=O)Nc3n[nH]c(C(F)(F)F)n3)co2)c(=O)[nH]c1=S. The van der Waals surface area contributed by atoms with Crippen molar-refractivity contribution in [2.45, 2.75) is 38.9 Å². The lowest BCUT2D eigenvalue weighted by Crippen LogP contribution is -2.25. The Kier molecular flexibility index (Phi) is 7.24. The summed E-state index contributed by atoms with van der Waals surface area (Å²) in [5.74, 6) is -1.72. The minimum atomic E-state index is -4.78. The molecule has 0 spiro atoms. The number of fused-ring (bicyclic) bond motifs is 2. The Morgan fingerprint density at radius 1 is 1.18 bits per heavy atom. The predicted molar refractivity (Wildman–Crippen MR) is 149 cm³/mol. The van der Waals surface area contributed by atoms with E-state index in [1.54, 1.807) is 11.3 Å². The van der Waals surface area contributed by atoms with Gasteiger partial charge in [-0.2, -0.15) is 23.1 Å². The van der Waals surface area contributed by atoms with E-state index >= 15 is 0 Å². The van der Waals surface area contributed by atoms with Crippen LogP contribution in [0.5, 0.6) is 5.88 Å². The molecular formula is C27H21F3N8O5S. The van der Waals surface area contributed by atoms with E-state index in [2.05, 4.69) is 20.1 Å². The number of nitrogens with zero attached hydrogens (tertiary/aromatic N) is 5. The Bertz CT molecular complexity index is 2040. The van der Waals surface area contributed by atoms with Gasteiger partial charge in [0.05, 0.1) is 11.6 Å². The minimum Gasteiger partial charge on any atom is -0.443 e. The van der Waals surface area contributed by atoms with Crippen LogP contribution in [0.3, 0.4) is 0 Å². The molecule has 1 atom stereocenters. The van der Waals surface area contributed by atoms with Gasteiger partial charge < -0.3 is 13.6 Å². The Balaban J connectivity index is 1.27. The zero-order chi connectivity index (χ0) is 31.2. The first-order valence-corrected chi connectivity index (χ1v) is 13.4. The van der Waals surface area contributed by atoms with E-state index in [-0.39, 0.29) is 23.0 Å². The van der Waals surface area contributed by atoms with Crippen molar-refractivity contribution >= 4 is 36.4 Å². The summed E-state index contributed by atoms with van der Waals surface area (Å²) < 4.78 is 55.9. The molecule has 13 nitrogen and oxygen atoms in total. The number of benzene rings is 1. The molecule has 6 rings (SSSR count). The van der Waals surface area contributed by atoms with E-state index in [9.17, 15) is 22.8 Å². The van der Waals surface area contributed by atoms with Crippen LogP contribution in [0.2, 0.25) is 0 Å². The number of amides is 1. The van der Waals surface area contributed by atoms with Crippen molar-refractivity contribution < 1.29 is 31.5 Å². The lowest BCUT2D eigenvalue weighted by molar-refractivity contribution is -0.144. The second kappa shape index (κ2) is 11.1. The van der Waals surface area contributed by atoms with Crippen LogP contribution in [0.1, 0.15) is 64.2 Å². The van der Waals surface area contributed by atoms with Crippen molar-refractivity contribution in [3.05, 3.63) is 97.1 Å². The molecule has 1 unspecified atom stereocenters. The molecule has 17 heteroatoms. The summed E-state index contributed by atoms with van der Waals surface area (Å²) in [6.45, 7) is 3.74. The third-order valence-corrected chi connectivity index (χ3v) is 6.96. The van der Waals surface area contributed by atoms with Crippen molar-refractivity contribution in [3.8, 4) is 5.88 Å². The Labute approximate surface area is 249 Å². The first kappa shape index (κ1) is 28.8. The van der Waals surface area contributed by atoms with Gasteiger partial charge in [-0.1, -0.05) is 49.0 Å². The quantitative estimate of drug-likeness (QED) is 0.209. The van der Waals surface area contributed by atoms with Crippen molar-refractivity contribution in [2.24, 2.45) is 0 Å². The van der Waals surface area contributed by atoms with Crippen LogP contribution in [-0.2, 0) is 19.1 Å². The standard InChI is InChI=1S/C27H21F3N8O5S/c1-3-17-32-21-16(42-17)7-5-13-8-12(2)4-6-14(13)20(21)15-9-38(25(39)33-22(15)44)10-18-31-19(11-41-18)43-26(40)35-24-34-23(36-37-24)27(28,29)30/h4-9,11,20H,3,10H2,1-2H3,(H,33,39,44)(H2,34,35,36,37,40). The second-order valence-electron chi connectivity index (χ2n) is 9.68. The normalized spacial score (nSPS) is 14.2. The third kappa shape index (κ3) is 5.68. The highest BCUT2D eigenvalue weighted by Gasteiger charge is 2.35. The van der Waals surface area contributed by atoms with Gasteiger partial charge in [0.25, 0.3) is 11.8 Å². The van der Waals surface area contributed by atoms with Crippen LogP contribution < -0.4 is 15.7 Å². The smallest absolute Gasteiger partial charge is 0.443 e. The van der Waals surface area contributed by atoms with Gasteiger partial charge in [0.1, 0.15) is 11.2 Å². The average molecular weight is 627 g/mol. The molecule has 1 aliphatic rings. The van der Waals surface area contributed by atoms with Crippen LogP contribution in [0.25, 0.3) is 12.2 Å². The lowest BCUT2D eigenvalue weighted by atomic mass is 9.87. The summed E-state index contributed by atoms with van der Waals surface area (Å²) >= 11 is 5.61. The zero-order valence-electron chi connectivity index (χ0n) is 22.9. The molecule has 0 saturated carbocycles. The highest BCUT2D eigenvalue weighted by atomic mass is 32.1. The minimum absolute atomic E-state index is 0.0161. The lowest BCUT2D eigenvalue weighted by Gasteiger charge is -2.19. The average Bonchev–Trinajstić information content (AvgIpc) is 3.69. The van der Waals surface area contributed by atoms with Gasteiger partial charge in [-0.25, -0.2) is 14.6 Å². The summed E-state index contributed by atoms with van der Waals surface area (Å²) in [4.78, 5) is 39.6. The third-order valence-electron chi connectivity index (χ3n) is 6.62. The van der Waals surface area contributed by atoms with Gasteiger partial charge >= 0.3 is 18.0 Å². The Morgan fingerprint density at radius 2 is 2.00 bits per heavy atom. The largest absolute Gasteiger partial charge is 0.451 e. The van der Waals surface area contributed by atoms with Gasteiger partial charge in [-0.3, -0.25) is 20.0 Å². The molecule has 1 aromatic carbocycles. The van der Waals surface area contributed by atoms with E-state index in [1.807, 2.05) is 49.5 Å². The molecule has 3 N–H and O–H groups in total. The van der Waals surface area contributed by atoms with E-state index in [0.29, 0.717) is 29.3 Å². The number of nitrogens with one attached hydrogen (secondary N) is 3. The molecule has 4 aromatic heterocycles.